The van der Waals surface area contributed by atoms with Crippen molar-refractivity contribution in [2.24, 2.45) is 0 Å². The van der Waals surface area contributed by atoms with E-state index in [0.29, 0.717) is 12.8 Å². The van der Waals surface area contributed by atoms with Crippen molar-refractivity contribution in [2.75, 3.05) is 13.2 Å². The average molecular weight is 840 g/mol. The molecule has 0 bridgehead atoms. The molecule has 1 rings (SSSR count). The smallest absolute Gasteiger partial charge is 0.220 e. The number of aliphatic hydroxyl groups excluding tert-OH is 5. The Kier molecular flexibility index (Phi) is 38.9. The van der Waals surface area contributed by atoms with E-state index in [9.17, 15) is 30.3 Å². The molecule has 1 fully saturated rings. The first-order valence-electron chi connectivity index (χ1n) is 25.4. The predicted octanol–water partition coefficient (Wildman–Crippen LogP) is 11.3. The van der Waals surface area contributed by atoms with Crippen LogP contribution >= 0.6 is 0 Å². The summed E-state index contributed by atoms with van der Waals surface area (Å²) in [6, 6.07) is -0.719. The second-order valence-corrected chi connectivity index (χ2v) is 18.0. The van der Waals surface area contributed by atoms with E-state index in [-0.39, 0.29) is 12.5 Å². The van der Waals surface area contributed by atoms with E-state index in [2.05, 4.69) is 31.3 Å². The van der Waals surface area contributed by atoms with Gasteiger partial charge in [-0.3, -0.25) is 4.79 Å². The Labute approximate surface area is 363 Å². The second-order valence-electron chi connectivity index (χ2n) is 18.0. The van der Waals surface area contributed by atoms with Crippen molar-refractivity contribution in [2.45, 2.75) is 288 Å². The Morgan fingerprint density at radius 2 is 0.949 bits per heavy atom. The van der Waals surface area contributed by atoms with Gasteiger partial charge < -0.3 is 40.3 Å². The van der Waals surface area contributed by atoms with E-state index in [1.54, 1.807) is 0 Å². The summed E-state index contributed by atoms with van der Waals surface area (Å²) in [5.41, 5.74) is 0. The Morgan fingerprint density at radius 1 is 0.559 bits per heavy atom. The van der Waals surface area contributed by atoms with Crippen molar-refractivity contribution in [1.82, 2.24) is 5.32 Å². The van der Waals surface area contributed by atoms with Crippen LogP contribution in [0.15, 0.2) is 12.2 Å². The van der Waals surface area contributed by atoms with Crippen LogP contribution in [0.25, 0.3) is 0 Å². The number of hydrogen-bond acceptors (Lipinski definition) is 8. The minimum atomic E-state index is -1.55. The first-order chi connectivity index (χ1) is 28.8. The summed E-state index contributed by atoms with van der Waals surface area (Å²) >= 11 is 0. The van der Waals surface area contributed by atoms with Crippen molar-refractivity contribution in [3.05, 3.63) is 12.2 Å². The monoisotopic (exact) mass is 840 g/mol. The molecule has 6 N–H and O–H groups in total. The van der Waals surface area contributed by atoms with E-state index < -0.39 is 49.5 Å². The van der Waals surface area contributed by atoms with Gasteiger partial charge in [-0.1, -0.05) is 212 Å². The summed E-state index contributed by atoms with van der Waals surface area (Å²) in [7, 11) is 0. The molecule has 0 aromatic rings. The quantitative estimate of drug-likeness (QED) is 0.0263. The number of hydrogen-bond donors (Lipinski definition) is 6. The molecule has 1 aliphatic rings. The standard InChI is InChI=1S/C50H97NO8/c1-3-5-7-9-11-13-15-17-19-21-22-23-24-25-27-29-31-33-35-37-39-44(53)43(42-58-50-49(57)48(56)47(55)45(41-52)59-50)51-46(54)40-38-36-34-32-30-28-26-20-18-16-14-12-10-8-6-4-2/h20,26,43-45,47-50,52-53,55-57H,3-19,21-25,27-42H2,1-2H3,(H,51,54)/b26-20-. The van der Waals surface area contributed by atoms with Crippen LogP contribution in [0.5, 0.6) is 0 Å². The van der Waals surface area contributed by atoms with Crippen molar-refractivity contribution in [1.29, 1.82) is 0 Å². The van der Waals surface area contributed by atoms with Gasteiger partial charge in [-0.2, -0.15) is 0 Å². The first kappa shape index (κ1) is 55.9. The molecule has 9 nitrogen and oxygen atoms in total. The van der Waals surface area contributed by atoms with Gasteiger partial charge in [-0.15, -0.1) is 0 Å². The van der Waals surface area contributed by atoms with Crippen LogP contribution < -0.4 is 5.32 Å². The fourth-order valence-corrected chi connectivity index (χ4v) is 8.27. The normalized spacial score (nSPS) is 20.7. The summed E-state index contributed by atoms with van der Waals surface area (Å²) in [6.45, 7) is 3.85. The summed E-state index contributed by atoms with van der Waals surface area (Å²) in [4.78, 5) is 13.0. The molecular formula is C50H97NO8. The Balaban J connectivity index is 2.27. The molecule has 7 atom stereocenters. The van der Waals surface area contributed by atoms with E-state index >= 15 is 0 Å². The second kappa shape index (κ2) is 41.0. The number of carbonyl (C=O) groups is 1. The molecule has 1 saturated heterocycles. The molecule has 9 heteroatoms. The predicted molar refractivity (Wildman–Crippen MR) is 244 cm³/mol. The zero-order valence-corrected chi connectivity index (χ0v) is 38.5. The maximum Gasteiger partial charge on any atom is 0.220 e. The van der Waals surface area contributed by atoms with Gasteiger partial charge >= 0.3 is 0 Å². The molecule has 1 amide bonds. The summed E-state index contributed by atoms with van der Waals surface area (Å²) in [6.07, 6.45) is 40.8. The lowest BCUT2D eigenvalue weighted by Crippen LogP contribution is -2.60. The maximum atomic E-state index is 13.0. The fourth-order valence-electron chi connectivity index (χ4n) is 8.27. The number of nitrogens with one attached hydrogen (secondary N) is 1. The van der Waals surface area contributed by atoms with Gasteiger partial charge in [0.2, 0.25) is 5.91 Å². The molecule has 0 radical (unpaired) electrons. The Morgan fingerprint density at radius 3 is 1.37 bits per heavy atom. The summed E-state index contributed by atoms with van der Waals surface area (Å²) in [5, 5.41) is 54.5. The Hall–Kier alpha value is -1.07. The number of ether oxygens (including phenoxy) is 2. The van der Waals surface area contributed by atoms with Gasteiger partial charge in [-0.25, -0.2) is 0 Å². The van der Waals surface area contributed by atoms with Gasteiger partial charge in [-0.05, 0) is 38.5 Å². The van der Waals surface area contributed by atoms with Crippen LogP contribution in [0.1, 0.15) is 245 Å². The topological polar surface area (TPSA) is 149 Å². The lowest BCUT2D eigenvalue weighted by Gasteiger charge is -2.40. The highest BCUT2D eigenvalue weighted by Gasteiger charge is 2.44. The van der Waals surface area contributed by atoms with Crippen LogP contribution in [0.2, 0.25) is 0 Å². The summed E-state index contributed by atoms with van der Waals surface area (Å²) in [5.74, 6) is -0.150. The van der Waals surface area contributed by atoms with Gasteiger partial charge in [0.05, 0.1) is 25.4 Å². The van der Waals surface area contributed by atoms with Gasteiger partial charge in [0.25, 0.3) is 0 Å². The van der Waals surface area contributed by atoms with E-state index in [4.69, 9.17) is 9.47 Å². The number of amides is 1. The first-order valence-corrected chi connectivity index (χ1v) is 25.4. The van der Waals surface area contributed by atoms with Crippen molar-refractivity contribution in [3.63, 3.8) is 0 Å². The number of allylic oxidation sites excluding steroid dienone is 2. The molecule has 0 aliphatic carbocycles. The largest absolute Gasteiger partial charge is 0.394 e. The molecular weight excluding hydrogens is 743 g/mol. The molecule has 0 aromatic carbocycles. The van der Waals surface area contributed by atoms with Gasteiger partial charge in [0.1, 0.15) is 24.4 Å². The molecule has 59 heavy (non-hydrogen) atoms. The molecule has 1 aliphatic heterocycles. The third-order valence-corrected chi connectivity index (χ3v) is 12.4. The number of carbonyl (C=O) groups excluding carboxylic acids is 1. The zero-order chi connectivity index (χ0) is 43.0. The third kappa shape index (κ3) is 31.4. The molecule has 1 heterocycles. The molecule has 0 spiro atoms. The average Bonchev–Trinajstić information content (AvgIpc) is 3.23. The number of aliphatic hydroxyl groups is 5. The zero-order valence-electron chi connectivity index (χ0n) is 38.5. The van der Waals surface area contributed by atoms with Gasteiger partial charge in [0.15, 0.2) is 6.29 Å². The third-order valence-electron chi connectivity index (χ3n) is 12.4. The number of unbranched alkanes of at least 4 members (excludes halogenated alkanes) is 31. The van der Waals surface area contributed by atoms with Crippen LogP contribution in [-0.2, 0) is 14.3 Å². The maximum absolute atomic E-state index is 13.0. The summed E-state index contributed by atoms with van der Waals surface area (Å²) < 4.78 is 11.3. The lowest BCUT2D eigenvalue weighted by molar-refractivity contribution is -0.302. The van der Waals surface area contributed by atoms with Crippen molar-refractivity contribution < 1.29 is 39.8 Å². The Bertz CT molecular complexity index is 935. The van der Waals surface area contributed by atoms with Crippen LogP contribution in [0, 0.1) is 0 Å². The minimum absolute atomic E-state index is 0.138. The highest BCUT2D eigenvalue weighted by molar-refractivity contribution is 5.76. The highest BCUT2D eigenvalue weighted by Crippen LogP contribution is 2.23. The van der Waals surface area contributed by atoms with E-state index in [1.165, 1.54) is 167 Å². The lowest BCUT2D eigenvalue weighted by atomic mass is 9.99. The number of rotatable bonds is 43. The van der Waals surface area contributed by atoms with E-state index in [0.717, 1.165) is 51.4 Å². The van der Waals surface area contributed by atoms with Crippen LogP contribution in [0.4, 0.5) is 0 Å². The SMILES string of the molecule is CCCCCCCCC/C=C\CCCCCCCC(=O)NC(COC1OC(CO)C(O)C(O)C1O)C(O)CCCCCCCCCCCCCCCCCCCCCC. The molecule has 0 saturated carbocycles. The van der Waals surface area contributed by atoms with Crippen LogP contribution in [0.3, 0.4) is 0 Å². The molecule has 350 valence electrons. The van der Waals surface area contributed by atoms with Gasteiger partial charge in [0, 0.05) is 6.42 Å². The fraction of sp³-hybridized carbons (Fsp3) is 0.940. The van der Waals surface area contributed by atoms with Crippen molar-refractivity contribution in [3.8, 4) is 0 Å². The minimum Gasteiger partial charge on any atom is -0.394 e. The van der Waals surface area contributed by atoms with E-state index in [1.807, 2.05) is 0 Å². The highest BCUT2D eigenvalue weighted by atomic mass is 16.7. The van der Waals surface area contributed by atoms with Crippen LogP contribution in [-0.4, -0.2) is 87.5 Å². The van der Waals surface area contributed by atoms with Crippen molar-refractivity contribution >= 4 is 5.91 Å². The molecule has 7 unspecified atom stereocenters. The molecule has 0 aromatic heterocycles.